The molecule has 3 heteroatoms. The van der Waals surface area contributed by atoms with Crippen LogP contribution in [0.1, 0.15) is 29.8 Å². The lowest BCUT2D eigenvalue weighted by atomic mass is 10.1. The lowest BCUT2D eigenvalue weighted by Gasteiger charge is -2.23. The number of hydrogen-bond donors (Lipinski definition) is 0. The summed E-state index contributed by atoms with van der Waals surface area (Å²) in [5.74, 6) is 1.73. The number of fused-ring (bicyclic) bond motifs is 1. The molecule has 2 heterocycles. The Labute approximate surface area is 107 Å². The first-order valence-electron chi connectivity index (χ1n) is 6.42. The molecular weight excluding hydrogens is 224 g/mol. The SMILES string of the molecule is Cc1nc(CN2c3ccccc3C[C@H]2C)oc1C. The molecule has 0 bridgehead atoms. The van der Waals surface area contributed by atoms with Crippen LogP contribution in [-0.4, -0.2) is 11.0 Å². The zero-order chi connectivity index (χ0) is 12.7. The van der Waals surface area contributed by atoms with E-state index in [9.17, 15) is 0 Å². The van der Waals surface area contributed by atoms with Crippen molar-refractivity contribution < 1.29 is 4.42 Å². The van der Waals surface area contributed by atoms with Gasteiger partial charge in [0.1, 0.15) is 5.76 Å². The lowest BCUT2D eigenvalue weighted by Crippen LogP contribution is -2.28. The van der Waals surface area contributed by atoms with E-state index >= 15 is 0 Å². The van der Waals surface area contributed by atoms with Gasteiger partial charge in [0.05, 0.1) is 12.2 Å². The number of aromatic nitrogens is 1. The molecule has 0 fully saturated rings. The summed E-state index contributed by atoms with van der Waals surface area (Å²) >= 11 is 0. The number of anilines is 1. The van der Waals surface area contributed by atoms with Crippen molar-refractivity contribution >= 4 is 5.69 Å². The van der Waals surface area contributed by atoms with E-state index in [1.54, 1.807) is 0 Å². The van der Waals surface area contributed by atoms with Crippen LogP contribution in [0.25, 0.3) is 0 Å². The van der Waals surface area contributed by atoms with Crippen LogP contribution < -0.4 is 4.90 Å². The zero-order valence-electron chi connectivity index (χ0n) is 11.1. The fourth-order valence-electron chi connectivity index (χ4n) is 2.62. The van der Waals surface area contributed by atoms with Crippen molar-refractivity contribution in [1.29, 1.82) is 0 Å². The van der Waals surface area contributed by atoms with Crippen molar-refractivity contribution in [2.45, 2.75) is 39.8 Å². The van der Waals surface area contributed by atoms with Gasteiger partial charge in [0, 0.05) is 11.7 Å². The van der Waals surface area contributed by atoms with Crippen molar-refractivity contribution in [3.8, 4) is 0 Å². The van der Waals surface area contributed by atoms with Gasteiger partial charge in [-0.05, 0) is 38.8 Å². The van der Waals surface area contributed by atoms with Gasteiger partial charge in [-0.3, -0.25) is 0 Å². The number of aryl methyl sites for hydroxylation is 2. The summed E-state index contributed by atoms with van der Waals surface area (Å²) in [4.78, 5) is 6.85. The van der Waals surface area contributed by atoms with E-state index in [-0.39, 0.29) is 0 Å². The Morgan fingerprint density at radius 3 is 2.83 bits per heavy atom. The van der Waals surface area contributed by atoms with Gasteiger partial charge >= 0.3 is 0 Å². The molecule has 0 aliphatic carbocycles. The highest BCUT2D eigenvalue weighted by atomic mass is 16.4. The number of hydrogen-bond acceptors (Lipinski definition) is 3. The third kappa shape index (κ3) is 1.80. The summed E-state index contributed by atoms with van der Waals surface area (Å²) in [6, 6.07) is 9.10. The molecule has 2 aromatic rings. The maximum Gasteiger partial charge on any atom is 0.214 e. The molecule has 0 amide bonds. The second-order valence-electron chi connectivity index (χ2n) is 5.06. The lowest BCUT2D eigenvalue weighted by molar-refractivity contribution is 0.458. The van der Waals surface area contributed by atoms with Crippen LogP contribution in [0.15, 0.2) is 28.7 Å². The molecule has 0 radical (unpaired) electrons. The van der Waals surface area contributed by atoms with E-state index in [0.717, 1.165) is 30.3 Å². The molecule has 0 saturated heterocycles. The van der Waals surface area contributed by atoms with E-state index in [0.29, 0.717) is 6.04 Å². The molecule has 1 aliphatic heterocycles. The molecule has 94 valence electrons. The molecule has 1 aromatic carbocycles. The van der Waals surface area contributed by atoms with Gasteiger partial charge in [-0.2, -0.15) is 0 Å². The van der Waals surface area contributed by atoms with Crippen LogP contribution >= 0.6 is 0 Å². The Bertz CT molecular complexity index is 554. The van der Waals surface area contributed by atoms with E-state index in [1.807, 2.05) is 13.8 Å². The third-order valence-electron chi connectivity index (χ3n) is 3.73. The third-order valence-corrected chi connectivity index (χ3v) is 3.73. The molecule has 0 saturated carbocycles. The Morgan fingerprint density at radius 2 is 2.11 bits per heavy atom. The van der Waals surface area contributed by atoms with Gasteiger partial charge in [-0.25, -0.2) is 4.98 Å². The summed E-state index contributed by atoms with van der Waals surface area (Å²) in [5.41, 5.74) is 3.73. The molecule has 1 aliphatic rings. The van der Waals surface area contributed by atoms with Gasteiger partial charge in [-0.1, -0.05) is 18.2 Å². The second kappa shape index (κ2) is 4.16. The largest absolute Gasteiger partial charge is 0.444 e. The van der Waals surface area contributed by atoms with Crippen molar-refractivity contribution in [1.82, 2.24) is 4.98 Å². The van der Waals surface area contributed by atoms with Crippen LogP contribution in [0, 0.1) is 13.8 Å². The van der Waals surface area contributed by atoms with Crippen LogP contribution in [0.3, 0.4) is 0 Å². The van der Waals surface area contributed by atoms with Crippen LogP contribution in [0.4, 0.5) is 5.69 Å². The minimum absolute atomic E-state index is 0.509. The zero-order valence-corrected chi connectivity index (χ0v) is 11.1. The fourth-order valence-corrected chi connectivity index (χ4v) is 2.62. The molecule has 18 heavy (non-hydrogen) atoms. The Hall–Kier alpha value is -1.77. The number of rotatable bonds is 2. The smallest absolute Gasteiger partial charge is 0.214 e. The van der Waals surface area contributed by atoms with Crippen molar-refractivity contribution in [3.05, 3.63) is 47.2 Å². The molecule has 0 N–H and O–H groups in total. The van der Waals surface area contributed by atoms with Crippen LogP contribution in [-0.2, 0) is 13.0 Å². The highest BCUT2D eigenvalue weighted by molar-refractivity contribution is 5.59. The molecule has 3 rings (SSSR count). The molecule has 0 spiro atoms. The predicted octanol–water partition coefficient (Wildman–Crippen LogP) is 3.24. The minimum Gasteiger partial charge on any atom is -0.444 e. The first-order chi connectivity index (χ1) is 8.65. The number of para-hydroxylation sites is 1. The second-order valence-corrected chi connectivity index (χ2v) is 5.06. The van der Waals surface area contributed by atoms with Gasteiger partial charge in [-0.15, -0.1) is 0 Å². The van der Waals surface area contributed by atoms with Crippen LogP contribution in [0.2, 0.25) is 0 Å². The minimum atomic E-state index is 0.509. The fraction of sp³-hybridized carbons (Fsp3) is 0.400. The Morgan fingerprint density at radius 1 is 1.33 bits per heavy atom. The molecular formula is C15H18N2O. The summed E-state index contributed by atoms with van der Waals surface area (Å²) in [6.07, 6.45) is 1.11. The predicted molar refractivity (Wildman–Crippen MR) is 71.8 cm³/mol. The van der Waals surface area contributed by atoms with E-state index in [4.69, 9.17) is 4.42 Å². The standard InChI is InChI=1S/C15H18N2O/c1-10-8-13-6-4-5-7-14(13)17(10)9-15-16-11(2)12(3)18-15/h4-7,10H,8-9H2,1-3H3/t10-/m1/s1. The molecule has 1 atom stereocenters. The average Bonchev–Trinajstić information content (AvgIpc) is 2.82. The summed E-state index contributed by atoms with van der Waals surface area (Å²) < 4.78 is 5.69. The first-order valence-corrected chi connectivity index (χ1v) is 6.42. The molecule has 0 unspecified atom stereocenters. The quantitative estimate of drug-likeness (QED) is 0.809. The average molecular weight is 242 g/mol. The number of nitrogens with zero attached hydrogens (tertiary/aromatic N) is 2. The van der Waals surface area contributed by atoms with Gasteiger partial charge in [0.15, 0.2) is 0 Å². The van der Waals surface area contributed by atoms with Crippen molar-refractivity contribution in [2.24, 2.45) is 0 Å². The number of oxazole rings is 1. The molecule has 3 nitrogen and oxygen atoms in total. The van der Waals surface area contributed by atoms with Crippen molar-refractivity contribution in [2.75, 3.05) is 4.90 Å². The monoisotopic (exact) mass is 242 g/mol. The Kier molecular flexibility index (Phi) is 2.62. The normalized spacial score (nSPS) is 18.2. The topological polar surface area (TPSA) is 29.3 Å². The van der Waals surface area contributed by atoms with E-state index < -0.39 is 0 Å². The van der Waals surface area contributed by atoms with Crippen molar-refractivity contribution in [3.63, 3.8) is 0 Å². The van der Waals surface area contributed by atoms with E-state index in [1.165, 1.54) is 11.3 Å². The van der Waals surface area contributed by atoms with Gasteiger partial charge in [0.2, 0.25) is 5.89 Å². The van der Waals surface area contributed by atoms with Gasteiger partial charge in [0.25, 0.3) is 0 Å². The number of benzene rings is 1. The highest BCUT2D eigenvalue weighted by Gasteiger charge is 2.26. The maximum absolute atomic E-state index is 5.69. The molecule has 1 aromatic heterocycles. The Balaban J connectivity index is 1.89. The maximum atomic E-state index is 5.69. The first kappa shape index (κ1) is 11.3. The highest BCUT2D eigenvalue weighted by Crippen LogP contribution is 2.32. The van der Waals surface area contributed by atoms with E-state index in [2.05, 4.69) is 41.1 Å². The summed E-state index contributed by atoms with van der Waals surface area (Å²) in [5, 5.41) is 0. The summed E-state index contributed by atoms with van der Waals surface area (Å²) in [7, 11) is 0. The van der Waals surface area contributed by atoms with Gasteiger partial charge < -0.3 is 9.32 Å². The summed E-state index contributed by atoms with van der Waals surface area (Å²) in [6.45, 7) is 6.96. The van der Waals surface area contributed by atoms with Crippen LogP contribution in [0.5, 0.6) is 0 Å².